The molecule has 0 spiro atoms. The van der Waals surface area contributed by atoms with Crippen LogP contribution >= 0.6 is 0 Å². The monoisotopic (exact) mass is 372 g/mol. The first kappa shape index (κ1) is 20.5. The van der Waals surface area contributed by atoms with Crippen molar-refractivity contribution in [2.75, 3.05) is 13.1 Å². The Bertz CT molecular complexity index is 541. The number of rotatable bonds is 7. The SMILES string of the molecule is [2H]C(C(=O)OCCC)N(C(=O)OC(C)(C)C)[C@@](C)(C(=O)O)C1CCCCC1. The van der Waals surface area contributed by atoms with Gasteiger partial charge in [0.1, 0.15) is 17.7 Å². The summed E-state index contributed by atoms with van der Waals surface area (Å²) in [4.78, 5) is 38.2. The standard InChI is InChI=1S/C19H33NO6/c1-6-12-25-15(21)13-20(17(24)26-18(2,3)4)19(5,16(22)23)14-10-8-7-9-11-14/h14H,6-13H2,1-5H3,(H,22,23)/t19-/m1/s1/i13D/t13?,19-. The molecule has 1 saturated carbocycles. The van der Waals surface area contributed by atoms with Crippen LogP contribution in [0.4, 0.5) is 4.79 Å². The van der Waals surface area contributed by atoms with Crippen molar-refractivity contribution in [3.63, 3.8) is 0 Å². The Morgan fingerprint density at radius 3 is 2.19 bits per heavy atom. The van der Waals surface area contributed by atoms with E-state index in [1.54, 1.807) is 27.7 Å². The number of hydrogen-bond acceptors (Lipinski definition) is 5. The molecule has 1 rings (SSSR count). The number of aliphatic carboxylic acids is 1. The predicted molar refractivity (Wildman–Crippen MR) is 96.8 cm³/mol. The van der Waals surface area contributed by atoms with Crippen molar-refractivity contribution < 1.29 is 30.3 Å². The summed E-state index contributed by atoms with van der Waals surface area (Å²) in [6.07, 6.45) is 3.48. The van der Waals surface area contributed by atoms with Gasteiger partial charge < -0.3 is 14.6 Å². The Kier molecular flexibility index (Phi) is 7.29. The summed E-state index contributed by atoms with van der Waals surface area (Å²) in [5.74, 6) is -2.57. The summed E-state index contributed by atoms with van der Waals surface area (Å²) in [6, 6.07) is 0. The summed E-state index contributed by atoms with van der Waals surface area (Å²) in [6.45, 7) is 6.45. The summed E-state index contributed by atoms with van der Waals surface area (Å²) in [5, 5.41) is 10.0. The molecule has 2 atom stereocenters. The normalized spacial score (nSPS) is 19.7. The Balaban J connectivity index is 3.31. The van der Waals surface area contributed by atoms with Crippen LogP contribution in [0.2, 0.25) is 0 Å². The summed E-state index contributed by atoms with van der Waals surface area (Å²) in [7, 11) is 0. The van der Waals surface area contributed by atoms with Crippen molar-refractivity contribution >= 4 is 18.0 Å². The van der Waals surface area contributed by atoms with Crippen molar-refractivity contribution in [3.8, 4) is 0 Å². The lowest BCUT2D eigenvalue weighted by atomic mass is 9.74. The molecular formula is C19H33NO6. The molecule has 0 aromatic heterocycles. The smallest absolute Gasteiger partial charge is 0.411 e. The molecule has 0 radical (unpaired) electrons. The largest absolute Gasteiger partial charge is 0.479 e. The van der Waals surface area contributed by atoms with Crippen LogP contribution in [0, 0.1) is 5.92 Å². The molecule has 0 aliphatic heterocycles. The second-order valence-electron chi connectivity index (χ2n) is 7.93. The number of carbonyl (C=O) groups is 3. The van der Waals surface area contributed by atoms with Crippen molar-refractivity contribution in [1.82, 2.24) is 4.90 Å². The van der Waals surface area contributed by atoms with Gasteiger partial charge in [-0.2, -0.15) is 0 Å². The van der Waals surface area contributed by atoms with Crippen LogP contribution in [-0.4, -0.2) is 52.3 Å². The van der Waals surface area contributed by atoms with Crippen LogP contribution in [0.1, 0.15) is 74.5 Å². The number of carboxylic acid groups (broad SMARTS) is 1. The maximum absolute atomic E-state index is 12.9. The number of amides is 1. The topological polar surface area (TPSA) is 93.1 Å². The van der Waals surface area contributed by atoms with Gasteiger partial charge in [-0.25, -0.2) is 9.59 Å². The summed E-state index contributed by atoms with van der Waals surface area (Å²) in [5.41, 5.74) is -2.63. The highest BCUT2D eigenvalue weighted by molar-refractivity contribution is 5.87. The molecule has 0 heterocycles. The average Bonchev–Trinajstić information content (AvgIpc) is 2.58. The van der Waals surface area contributed by atoms with Gasteiger partial charge in [0.25, 0.3) is 0 Å². The van der Waals surface area contributed by atoms with Crippen LogP contribution in [0.5, 0.6) is 0 Å². The Morgan fingerprint density at radius 2 is 1.73 bits per heavy atom. The summed E-state index contributed by atoms with van der Waals surface area (Å²) < 4.78 is 18.7. The van der Waals surface area contributed by atoms with E-state index in [4.69, 9.17) is 10.8 Å². The van der Waals surface area contributed by atoms with Gasteiger partial charge in [-0.3, -0.25) is 9.69 Å². The van der Waals surface area contributed by atoms with Gasteiger partial charge in [-0.15, -0.1) is 0 Å². The van der Waals surface area contributed by atoms with Gasteiger partial charge in [-0.05, 0) is 52.9 Å². The molecule has 0 saturated heterocycles. The first-order valence-corrected chi connectivity index (χ1v) is 9.29. The van der Waals surface area contributed by atoms with Gasteiger partial charge in [-0.1, -0.05) is 26.2 Å². The molecule has 1 aliphatic rings. The fourth-order valence-electron chi connectivity index (χ4n) is 3.17. The number of nitrogens with zero attached hydrogens (tertiary/aromatic N) is 1. The van der Waals surface area contributed by atoms with E-state index in [-0.39, 0.29) is 12.5 Å². The number of carbonyl (C=O) groups excluding carboxylic acids is 2. The van der Waals surface area contributed by atoms with Crippen molar-refractivity contribution in [3.05, 3.63) is 0 Å². The molecule has 0 aromatic rings. The first-order chi connectivity index (χ1) is 12.4. The second kappa shape index (κ2) is 9.24. The summed E-state index contributed by atoms with van der Waals surface area (Å²) >= 11 is 0. The Labute approximate surface area is 157 Å². The molecule has 150 valence electrons. The van der Waals surface area contributed by atoms with E-state index in [0.29, 0.717) is 19.3 Å². The van der Waals surface area contributed by atoms with E-state index in [0.717, 1.165) is 24.2 Å². The number of ether oxygens (including phenoxy) is 2. The fraction of sp³-hybridized carbons (Fsp3) is 0.842. The zero-order valence-electron chi connectivity index (χ0n) is 17.5. The van der Waals surface area contributed by atoms with E-state index in [1.807, 2.05) is 0 Å². The second-order valence-corrected chi connectivity index (χ2v) is 7.93. The molecule has 1 aliphatic carbocycles. The van der Waals surface area contributed by atoms with E-state index in [1.165, 1.54) is 6.92 Å². The lowest BCUT2D eigenvalue weighted by molar-refractivity contribution is -0.159. The van der Waals surface area contributed by atoms with Gasteiger partial charge in [0.05, 0.1) is 7.98 Å². The third-order valence-corrected chi connectivity index (χ3v) is 4.61. The number of hydrogen-bond donors (Lipinski definition) is 1. The third kappa shape index (κ3) is 5.88. The molecule has 7 heteroatoms. The molecule has 0 aromatic carbocycles. The first-order valence-electron chi connectivity index (χ1n) is 9.87. The number of esters is 1. The van der Waals surface area contributed by atoms with E-state index in [2.05, 4.69) is 0 Å². The minimum absolute atomic E-state index is 0.101. The van der Waals surface area contributed by atoms with Crippen LogP contribution in [0.3, 0.4) is 0 Å². The maximum Gasteiger partial charge on any atom is 0.411 e. The highest BCUT2D eigenvalue weighted by atomic mass is 16.6. The van der Waals surface area contributed by atoms with Crippen LogP contribution < -0.4 is 0 Å². The molecule has 1 amide bonds. The fourth-order valence-corrected chi connectivity index (χ4v) is 3.17. The molecule has 7 nitrogen and oxygen atoms in total. The van der Waals surface area contributed by atoms with Crippen molar-refractivity contribution in [1.29, 1.82) is 0 Å². The number of carboxylic acids is 1. The van der Waals surface area contributed by atoms with E-state index >= 15 is 0 Å². The van der Waals surface area contributed by atoms with Crippen LogP contribution in [0.25, 0.3) is 0 Å². The zero-order chi connectivity index (χ0) is 20.8. The third-order valence-electron chi connectivity index (χ3n) is 4.61. The van der Waals surface area contributed by atoms with Gasteiger partial charge in [0.15, 0.2) is 0 Å². The molecule has 26 heavy (non-hydrogen) atoms. The molecule has 0 bridgehead atoms. The lowest BCUT2D eigenvalue weighted by Crippen LogP contribution is -2.62. The predicted octanol–water partition coefficient (Wildman–Crippen LogP) is 3.60. The minimum Gasteiger partial charge on any atom is -0.479 e. The van der Waals surface area contributed by atoms with Gasteiger partial charge in [0, 0.05) is 0 Å². The molecule has 1 fully saturated rings. The quantitative estimate of drug-likeness (QED) is 0.686. The van der Waals surface area contributed by atoms with Crippen LogP contribution in [-0.2, 0) is 19.1 Å². The zero-order valence-corrected chi connectivity index (χ0v) is 16.5. The van der Waals surface area contributed by atoms with Crippen molar-refractivity contribution in [2.45, 2.75) is 84.3 Å². The van der Waals surface area contributed by atoms with Gasteiger partial charge >= 0.3 is 18.0 Å². The van der Waals surface area contributed by atoms with Gasteiger partial charge in [0.2, 0.25) is 0 Å². The lowest BCUT2D eigenvalue weighted by Gasteiger charge is -2.44. The average molecular weight is 372 g/mol. The molecular weight excluding hydrogens is 338 g/mol. The Hall–Kier alpha value is -1.79. The minimum atomic E-state index is -1.81. The highest BCUT2D eigenvalue weighted by Crippen LogP contribution is 2.37. The van der Waals surface area contributed by atoms with E-state index < -0.39 is 35.7 Å². The van der Waals surface area contributed by atoms with E-state index in [9.17, 15) is 19.5 Å². The van der Waals surface area contributed by atoms with Crippen LogP contribution in [0.15, 0.2) is 0 Å². The molecule has 1 unspecified atom stereocenters. The molecule has 1 N–H and O–H groups in total. The highest BCUT2D eigenvalue weighted by Gasteiger charge is 2.50. The maximum atomic E-state index is 12.9. The van der Waals surface area contributed by atoms with Crippen molar-refractivity contribution in [2.24, 2.45) is 5.92 Å². The Morgan fingerprint density at radius 1 is 1.15 bits per heavy atom.